The summed E-state index contributed by atoms with van der Waals surface area (Å²) in [5.41, 5.74) is 0. The van der Waals surface area contributed by atoms with Crippen molar-refractivity contribution in [3.8, 4) is 0 Å². The number of hydrogen-bond donors (Lipinski definition) is 0. The maximum absolute atomic E-state index is 5.00. The van der Waals surface area contributed by atoms with Crippen molar-refractivity contribution in [2.45, 2.75) is 20.8 Å². The summed E-state index contributed by atoms with van der Waals surface area (Å²) in [6.07, 6.45) is 0. The van der Waals surface area contributed by atoms with Crippen LogP contribution < -0.4 is 0 Å². The number of halogens is 1. The van der Waals surface area contributed by atoms with E-state index in [9.17, 15) is 0 Å². The maximum atomic E-state index is 5.00. The largest absolute Gasteiger partial charge is 2.00 e. The van der Waals surface area contributed by atoms with Crippen molar-refractivity contribution in [3.05, 3.63) is 0 Å². The van der Waals surface area contributed by atoms with Crippen LogP contribution in [0.3, 0.4) is 0 Å². The summed E-state index contributed by atoms with van der Waals surface area (Å²) in [5, 5.41) is 0. The van der Waals surface area contributed by atoms with Gasteiger partial charge in [-0.15, -0.1) is 11.6 Å². The molecule has 0 aliphatic carbocycles. The fourth-order valence-electron chi connectivity index (χ4n) is 0.204. The van der Waals surface area contributed by atoms with Crippen LogP contribution in [0, 0.1) is 0 Å². The van der Waals surface area contributed by atoms with Crippen LogP contribution in [0.25, 0.3) is 0 Å². The standard InChI is InChI=1S/C4H10O.C2H5Cl.Mg.2H/c1-3-5-4-2;1-2-3;;;/h3-4H2,1-2H3;2H2,1H3;;;/q;;+2;2*-1. The first-order valence-electron chi connectivity index (χ1n) is 2.97. The van der Waals surface area contributed by atoms with Crippen LogP contribution in [-0.2, 0) is 4.74 Å². The Hall–Kier alpha value is 1.02. The summed E-state index contributed by atoms with van der Waals surface area (Å²) in [4.78, 5) is 0. The molecule has 1 nitrogen and oxygen atoms in total. The molecule has 0 aliphatic heterocycles. The van der Waals surface area contributed by atoms with E-state index in [2.05, 4.69) is 0 Å². The van der Waals surface area contributed by atoms with Crippen LogP contribution in [0.15, 0.2) is 0 Å². The summed E-state index contributed by atoms with van der Waals surface area (Å²) in [6, 6.07) is 0. The summed E-state index contributed by atoms with van der Waals surface area (Å²) in [6.45, 7) is 7.56. The van der Waals surface area contributed by atoms with Gasteiger partial charge in [0.25, 0.3) is 0 Å². The van der Waals surface area contributed by atoms with Gasteiger partial charge in [0, 0.05) is 19.1 Å². The van der Waals surface area contributed by atoms with Crippen molar-refractivity contribution < 1.29 is 7.59 Å². The van der Waals surface area contributed by atoms with Gasteiger partial charge >= 0.3 is 23.1 Å². The molecule has 0 saturated carbocycles. The summed E-state index contributed by atoms with van der Waals surface area (Å²) >= 11 is 5.00. The fourth-order valence-corrected chi connectivity index (χ4v) is 0.204. The van der Waals surface area contributed by atoms with E-state index in [0.29, 0.717) is 0 Å². The Morgan fingerprint density at radius 2 is 1.44 bits per heavy atom. The number of alkyl halides is 1. The van der Waals surface area contributed by atoms with Gasteiger partial charge in [0.05, 0.1) is 0 Å². The van der Waals surface area contributed by atoms with Gasteiger partial charge in [-0.05, 0) is 13.8 Å². The van der Waals surface area contributed by atoms with E-state index in [1.165, 1.54) is 0 Å². The van der Waals surface area contributed by atoms with Crippen molar-refractivity contribution in [2.24, 2.45) is 0 Å². The Morgan fingerprint density at radius 1 is 1.22 bits per heavy atom. The molecule has 0 aromatic carbocycles. The first-order valence-corrected chi connectivity index (χ1v) is 3.50. The molecule has 3 heteroatoms. The Kier molecular flexibility index (Phi) is 42.3. The number of rotatable bonds is 2. The zero-order valence-electron chi connectivity index (χ0n) is 8.61. The van der Waals surface area contributed by atoms with E-state index in [0.717, 1.165) is 19.1 Å². The molecule has 0 aromatic heterocycles. The van der Waals surface area contributed by atoms with Crippen LogP contribution in [-0.4, -0.2) is 42.1 Å². The predicted octanol–water partition coefficient (Wildman–Crippen LogP) is 2.13. The van der Waals surface area contributed by atoms with Crippen LogP contribution >= 0.6 is 11.6 Å². The van der Waals surface area contributed by atoms with E-state index in [1.807, 2.05) is 20.8 Å². The summed E-state index contributed by atoms with van der Waals surface area (Å²) in [5.74, 6) is 0.722. The van der Waals surface area contributed by atoms with Crippen LogP contribution in [0.2, 0.25) is 0 Å². The molecule has 0 N–H and O–H groups in total. The smallest absolute Gasteiger partial charge is 1.00 e. The normalized spacial score (nSPS) is 6.67. The Bertz CT molecular complexity index is 34.5. The van der Waals surface area contributed by atoms with Gasteiger partial charge in [-0.1, -0.05) is 6.92 Å². The van der Waals surface area contributed by atoms with Gasteiger partial charge in [-0.3, -0.25) is 0 Å². The van der Waals surface area contributed by atoms with Gasteiger partial charge in [-0.25, -0.2) is 0 Å². The van der Waals surface area contributed by atoms with Gasteiger partial charge < -0.3 is 7.59 Å². The van der Waals surface area contributed by atoms with E-state index in [-0.39, 0.29) is 25.9 Å². The third-order valence-electron chi connectivity index (χ3n) is 0.408. The zero-order chi connectivity index (χ0) is 6.83. The minimum atomic E-state index is 0. The monoisotopic (exact) mass is 164 g/mol. The van der Waals surface area contributed by atoms with Gasteiger partial charge in [-0.2, -0.15) is 0 Å². The van der Waals surface area contributed by atoms with Crippen LogP contribution in [0.4, 0.5) is 0 Å². The van der Waals surface area contributed by atoms with E-state index < -0.39 is 0 Å². The second-order valence-corrected chi connectivity index (χ2v) is 1.58. The van der Waals surface area contributed by atoms with Crippen molar-refractivity contribution in [1.29, 1.82) is 0 Å². The first-order chi connectivity index (χ1) is 3.83. The molecule has 0 radical (unpaired) electrons. The molecule has 0 aliphatic rings. The molecule has 0 unspecified atom stereocenters. The Balaban J connectivity index is -0.0000000183. The van der Waals surface area contributed by atoms with E-state index in [4.69, 9.17) is 16.3 Å². The minimum Gasteiger partial charge on any atom is -1.00 e. The molecule has 0 aromatic rings. The molecule has 0 spiro atoms. The third-order valence-corrected chi connectivity index (χ3v) is 0.408. The fraction of sp³-hybridized carbons (Fsp3) is 1.00. The van der Waals surface area contributed by atoms with Crippen LogP contribution in [0.1, 0.15) is 23.6 Å². The molecular formula is C6H17ClMgO. The number of hydrogen-bond acceptors (Lipinski definition) is 1. The first kappa shape index (κ1) is 16.5. The van der Waals surface area contributed by atoms with Crippen molar-refractivity contribution in [2.75, 3.05) is 19.1 Å². The van der Waals surface area contributed by atoms with E-state index >= 15 is 0 Å². The molecule has 0 bridgehead atoms. The third kappa shape index (κ3) is 48.8. The molecule has 0 fully saturated rings. The average molecular weight is 165 g/mol. The topological polar surface area (TPSA) is 9.23 Å². The molecule has 0 amide bonds. The van der Waals surface area contributed by atoms with Gasteiger partial charge in [0.15, 0.2) is 0 Å². The second kappa shape index (κ2) is 23.0. The molecule has 9 heavy (non-hydrogen) atoms. The Labute approximate surface area is 82.2 Å². The summed E-state index contributed by atoms with van der Waals surface area (Å²) in [7, 11) is 0. The second-order valence-electron chi connectivity index (χ2n) is 1.05. The maximum Gasteiger partial charge on any atom is 2.00 e. The predicted molar refractivity (Wildman–Crippen MR) is 46.5 cm³/mol. The Morgan fingerprint density at radius 3 is 1.44 bits per heavy atom. The molecule has 0 heterocycles. The van der Waals surface area contributed by atoms with Gasteiger partial charge in [0.2, 0.25) is 0 Å². The number of ether oxygens (including phenoxy) is 1. The summed E-state index contributed by atoms with van der Waals surface area (Å²) < 4.78 is 4.83. The molecule has 0 atom stereocenters. The minimum absolute atomic E-state index is 0. The van der Waals surface area contributed by atoms with E-state index in [1.54, 1.807) is 0 Å². The molecule has 0 saturated heterocycles. The average Bonchev–Trinajstić information content (AvgIpc) is 1.71. The quantitative estimate of drug-likeness (QED) is 0.449. The SMILES string of the molecule is CCCl.CCOCC.[H-].[H-].[Mg+2]. The molecular weight excluding hydrogens is 148 g/mol. The van der Waals surface area contributed by atoms with Crippen molar-refractivity contribution in [1.82, 2.24) is 0 Å². The molecule has 0 rings (SSSR count). The molecule has 56 valence electrons. The van der Waals surface area contributed by atoms with Crippen molar-refractivity contribution in [3.63, 3.8) is 0 Å². The van der Waals surface area contributed by atoms with Gasteiger partial charge in [0.1, 0.15) is 0 Å². The van der Waals surface area contributed by atoms with Crippen LogP contribution in [0.5, 0.6) is 0 Å². The van der Waals surface area contributed by atoms with Crippen molar-refractivity contribution >= 4 is 34.7 Å². The zero-order valence-corrected chi connectivity index (χ0v) is 8.78.